The lowest BCUT2D eigenvalue weighted by molar-refractivity contribution is 0.350. The number of aromatic nitrogens is 1. The van der Waals surface area contributed by atoms with Crippen LogP contribution in [0.15, 0.2) is 249 Å². The van der Waals surface area contributed by atoms with Gasteiger partial charge in [-0.15, -0.1) is 0 Å². The monoisotopic (exact) mass is 897 g/mol. The number of nitrogens with zero attached hydrogens (tertiary/aromatic N) is 3. The molecule has 70 heavy (non-hydrogen) atoms. The second-order valence-electron chi connectivity index (χ2n) is 19.5. The van der Waals surface area contributed by atoms with Crippen molar-refractivity contribution in [2.24, 2.45) is 11.8 Å². The van der Waals surface area contributed by atoms with Crippen LogP contribution in [0, 0.1) is 11.8 Å². The van der Waals surface area contributed by atoms with E-state index < -0.39 is 0 Å². The Morgan fingerprint density at radius 1 is 0.371 bits per heavy atom. The Morgan fingerprint density at radius 2 is 0.843 bits per heavy atom. The van der Waals surface area contributed by atoms with Gasteiger partial charge in [-0.25, -0.2) is 0 Å². The van der Waals surface area contributed by atoms with Crippen LogP contribution < -0.4 is 9.80 Å². The molecule has 11 aromatic rings. The van der Waals surface area contributed by atoms with Gasteiger partial charge in [0.1, 0.15) is 0 Å². The maximum Gasteiger partial charge on any atom is 0.0618 e. The molecule has 14 rings (SSSR count). The molecule has 3 aliphatic carbocycles. The molecule has 3 atom stereocenters. The molecule has 0 N–H and O–H groups in total. The van der Waals surface area contributed by atoms with E-state index >= 15 is 0 Å². The fourth-order valence-electron chi connectivity index (χ4n) is 13.4. The number of benzene rings is 10. The molecule has 334 valence electrons. The van der Waals surface area contributed by atoms with E-state index in [2.05, 4.69) is 263 Å². The van der Waals surface area contributed by atoms with Crippen molar-refractivity contribution in [3.63, 3.8) is 0 Å². The molecule has 1 heterocycles. The summed E-state index contributed by atoms with van der Waals surface area (Å²) < 4.78 is 2.45. The van der Waals surface area contributed by atoms with Crippen LogP contribution >= 0.6 is 0 Å². The highest BCUT2D eigenvalue weighted by Gasteiger charge is 2.62. The molecule has 1 fully saturated rings. The number of hydrogen-bond acceptors (Lipinski definition) is 2. The summed E-state index contributed by atoms with van der Waals surface area (Å²) in [5, 5.41) is 2.52. The molecule has 1 aromatic heterocycles. The van der Waals surface area contributed by atoms with Crippen molar-refractivity contribution in [1.29, 1.82) is 0 Å². The first kappa shape index (κ1) is 40.6. The number of para-hydroxylation sites is 5. The Bertz CT molecular complexity index is 3670. The minimum Gasteiger partial charge on any atom is -0.310 e. The van der Waals surface area contributed by atoms with Gasteiger partial charge in [0.25, 0.3) is 0 Å². The first-order valence-corrected chi connectivity index (χ1v) is 25.0. The predicted octanol–water partition coefficient (Wildman–Crippen LogP) is 17.5. The minimum atomic E-state index is -0.213. The van der Waals surface area contributed by atoms with Gasteiger partial charge in [-0.3, -0.25) is 0 Å². The van der Waals surface area contributed by atoms with E-state index in [0.29, 0.717) is 11.8 Å². The van der Waals surface area contributed by atoms with Crippen molar-refractivity contribution in [3.8, 4) is 27.9 Å². The molecule has 3 unspecified atom stereocenters. The van der Waals surface area contributed by atoms with E-state index in [4.69, 9.17) is 0 Å². The van der Waals surface area contributed by atoms with Gasteiger partial charge in [-0.05, 0) is 138 Å². The van der Waals surface area contributed by atoms with Gasteiger partial charge >= 0.3 is 0 Å². The summed E-state index contributed by atoms with van der Waals surface area (Å²) in [5.41, 5.74) is 21.4. The lowest BCUT2D eigenvalue weighted by Gasteiger charge is -2.40. The quantitative estimate of drug-likeness (QED) is 0.143. The van der Waals surface area contributed by atoms with E-state index in [-0.39, 0.29) is 5.41 Å². The molecule has 1 spiro atoms. The minimum absolute atomic E-state index is 0.213. The van der Waals surface area contributed by atoms with E-state index in [9.17, 15) is 0 Å². The largest absolute Gasteiger partial charge is 0.310 e. The Morgan fingerprint density at radius 3 is 1.43 bits per heavy atom. The molecule has 0 amide bonds. The van der Waals surface area contributed by atoms with Crippen LogP contribution in [0.1, 0.15) is 35.1 Å². The normalized spacial score (nSPS) is 17.5. The second kappa shape index (κ2) is 16.4. The van der Waals surface area contributed by atoms with Crippen LogP contribution in [0.5, 0.6) is 0 Å². The van der Waals surface area contributed by atoms with Gasteiger partial charge in [0.15, 0.2) is 0 Å². The third-order valence-corrected chi connectivity index (χ3v) is 16.0. The lowest BCUT2D eigenvalue weighted by atomic mass is 9.68. The molecule has 3 nitrogen and oxygen atoms in total. The van der Waals surface area contributed by atoms with Crippen LogP contribution in [0.2, 0.25) is 0 Å². The first-order chi connectivity index (χ1) is 34.8. The molecule has 0 radical (unpaired) electrons. The summed E-state index contributed by atoms with van der Waals surface area (Å²) >= 11 is 0. The molecule has 0 aliphatic heterocycles. The van der Waals surface area contributed by atoms with Gasteiger partial charge in [0.05, 0.1) is 28.1 Å². The summed E-state index contributed by atoms with van der Waals surface area (Å²) in [6, 6.07) is 92.5. The zero-order chi connectivity index (χ0) is 46.2. The zero-order valence-electron chi connectivity index (χ0n) is 39.0. The molecular formula is C67H51N3. The fraction of sp³-hybridized carbons (Fsp3) is 0.104. The van der Waals surface area contributed by atoms with Crippen LogP contribution in [-0.2, 0) is 18.3 Å². The average molecular weight is 898 g/mol. The number of hydrogen-bond donors (Lipinski definition) is 0. The van der Waals surface area contributed by atoms with Crippen molar-refractivity contribution < 1.29 is 0 Å². The highest BCUT2D eigenvalue weighted by atomic mass is 15.2. The predicted molar refractivity (Wildman–Crippen MR) is 292 cm³/mol. The number of anilines is 6. The summed E-state index contributed by atoms with van der Waals surface area (Å²) in [4.78, 5) is 5.23. The second-order valence-corrected chi connectivity index (χ2v) is 19.5. The van der Waals surface area contributed by atoms with E-state index in [1.807, 2.05) is 0 Å². The van der Waals surface area contributed by atoms with Crippen LogP contribution in [0.25, 0.3) is 49.7 Å². The maximum atomic E-state index is 2.64. The summed E-state index contributed by atoms with van der Waals surface area (Å²) in [6.45, 7) is 0. The molecule has 3 heteroatoms. The smallest absolute Gasteiger partial charge is 0.0618 e. The van der Waals surface area contributed by atoms with Crippen LogP contribution in [0.3, 0.4) is 0 Å². The molecule has 10 aromatic carbocycles. The maximum absolute atomic E-state index is 2.64. The van der Waals surface area contributed by atoms with Crippen molar-refractivity contribution in [3.05, 3.63) is 271 Å². The van der Waals surface area contributed by atoms with Crippen LogP contribution in [0.4, 0.5) is 34.1 Å². The molecular weight excluding hydrogens is 847 g/mol. The Balaban J connectivity index is 1.04. The van der Waals surface area contributed by atoms with Crippen molar-refractivity contribution in [1.82, 2.24) is 4.57 Å². The van der Waals surface area contributed by atoms with Gasteiger partial charge in [0.2, 0.25) is 0 Å². The van der Waals surface area contributed by atoms with Crippen molar-refractivity contribution in [2.75, 3.05) is 9.80 Å². The Hall–Kier alpha value is -8.40. The Labute approximate surface area is 410 Å². The average Bonchev–Trinajstić information content (AvgIpc) is 4.15. The van der Waals surface area contributed by atoms with Crippen molar-refractivity contribution in [2.45, 2.75) is 31.1 Å². The molecule has 0 bridgehead atoms. The third-order valence-electron chi connectivity index (χ3n) is 16.0. The number of fused-ring (bicyclic) bond motifs is 5. The molecule has 0 saturated heterocycles. The standard InChI is InChI=1S/C67H51N3/c1-6-21-46(22-7-1)56-34-20-35-57(47-23-8-2-9-24-47)66(56)70(54-31-14-5-15-32-54)62-38-19-26-49-44-51-40-39-50-43-48-25-18-37-61(64(48)67(50,51)65(49)62)68(52-27-10-3-11-28-52)55-41-42-59-58-33-16-17-36-60(58)69(63(59)45-55)53-29-12-4-13-30-53/h1-38,41-42,45,50-51H,39-40,43-44H2. The topological polar surface area (TPSA) is 11.4 Å². The summed E-state index contributed by atoms with van der Waals surface area (Å²) in [6.07, 6.45) is 4.56. The van der Waals surface area contributed by atoms with Gasteiger partial charge < -0.3 is 14.4 Å². The first-order valence-electron chi connectivity index (χ1n) is 25.0. The van der Waals surface area contributed by atoms with Crippen molar-refractivity contribution >= 4 is 55.9 Å². The highest BCUT2D eigenvalue weighted by molar-refractivity contribution is 6.10. The van der Waals surface area contributed by atoms with E-state index in [1.165, 1.54) is 96.2 Å². The third kappa shape index (κ3) is 6.14. The fourth-order valence-corrected chi connectivity index (χ4v) is 13.4. The van der Waals surface area contributed by atoms with Gasteiger partial charge in [0, 0.05) is 50.1 Å². The number of rotatable bonds is 9. The lowest BCUT2D eigenvalue weighted by Crippen LogP contribution is -2.34. The molecule has 1 saturated carbocycles. The molecule has 3 aliphatic rings. The van der Waals surface area contributed by atoms with Gasteiger partial charge in [-0.1, -0.05) is 182 Å². The van der Waals surface area contributed by atoms with Crippen LogP contribution in [-0.4, -0.2) is 4.57 Å². The Kier molecular flexibility index (Phi) is 9.52. The van der Waals surface area contributed by atoms with E-state index in [1.54, 1.807) is 0 Å². The van der Waals surface area contributed by atoms with E-state index in [0.717, 1.165) is 35.6 Å². The summed E-state index contributed by atoms with van der Waals surface area (Å²) in [5.74, 6) is 0.930. The van der Waals surface area contributed by atoms with Gasteiger partial charge in [-0.2, -0.15) is 0 Å². The zero-order valence-corrected chi connectivity index (χ0v) is 39.0. The summed E-state index contributed by atoms with van der Waals surface area (Å²) in [7, 11) is 0. The highest BCUT2D eigenvalue weighted by Crippen LogP contribution is 2.69. The SMILES string of the molecule is c1ccc(-c2cccc(-c3ccccc3)c2N(c2ccccc2)c2cccc3c2C24c5c(cccc5N(c5ccccc5)c5ccc6c7ccccc7n(-c7ccccc7)c6c5)CC2CCC4C3)cc1.